The zero-order valence-corrected chi connectivity index (χ0v) is 11.2. The van der Waals surface area contributed by atoms with Crippen molar-refractivity contribution in [1.82, 2.24) is 10.6 Å². The first-order chi connectivity index (χ1) is 8.61. The predicted octanol–water partition coefficient (Wildman–Crippen LogP) is 0.943. The van der Waals surface area contributed by atoms with E-state index in [0.717, 1.165) is 17.9 Å². The maximum atomic E-state index is 11.9. The minimum atomic E-state index is -0.377. The highest BCUT2D eigenvalue weighted by atomic mass is 16.5. The van der Waals surface area contributed by atoms with Crippen LogP contribution in [0.1, 0.15) is 16.7 Å². The molecule has 1 aromatic carbocycles. The Labute approximate surface area is 108 Å². The molecule has 0 saturated carbocycles. The zero-order valence-electron chi connectivity index (χ0n) is 11.2. The van der Waals surface area contributed by atoms with E-state index in [4.69, 9.17) is 4.74 Å². The molecule has 98 valence electrons. The molecular weight excluding hydrogens is 228 g/mol. The van der Waals surface area contributed by atoms with Gasteiger partial charge in [-0.1, -0.05) is 6.07 Å². The molecular formula is C14H20N2O2. The largest absolute Gasteiger partial charge is 0.480 e. The zero-order chi connectivity index (χ0) is 13.1. The molecule has 4 heteroatoms. The number of ether oxygens (including phenoxy) is 1. The smallest absolute Gasteiger partial charge is 0.261 e. The Hall–Kier alpha value is -1.55. The molecule has 1 atom stereocenters. The molecule has 0 bridgehead atoms. The van der Waals surface area contributed by atoms with Crippen LogP contribution in [0.3, 0.4) is 0 Å². The van der Waals surface area contributed by atoms with E-state index in [2.05, 4.69) is 30.5 Å². The fourth-order valence-electron chi connectivity index (χ4n) is 2.08. The quantitative estimate of drug-likeness (QED) is 0.780. The van der Waals surface area contributed by atoms with Crippen molar-refractivity contribution in [3.8, 4) is 5.75 Å². The van der Waals surface area contributed by atoms with Gasteiger partial charge in [0.2, 0.25) is 0 Å². The Bertz CT molecular complexity index is 426. The van der Waals surface area contributed by atoms with E-state index in [-0.39, 0.29) is 12.0 Å². The number of hydrogen-bond donors (Lipinski definition) is 2. The Morgan fingerprint density at radius 1 is 1.33 bits per heavy atom. The first kappa shape index (κ1) is 12.9. The molecule has 4 nitrogen and oxygen atoms in total. The summed E-state index contributed by atoms with van der Waals surface area (Å²) in [6, 6.07) is 4.14. The summed E-state index contributed by atoms with van der Waals surface area (Å²) in [5.74, 6) is 0.823. The average Bonchev–Trinajstić information content (AvgIpc) is 2.73. The molecule has 18 heavy (non-hydrogen) atoms. The lowest BCUT2D eigenvalue weighted by atomic mass is 10.0. The van der Waals surface area contributed by atoms with Gasteiger partial charge in [-0.15, -0.1) is 0 Å². The van der Waals surface area contributed by atoms with Crippen molar-refractivity contribution in [2.45, 2.75) is 26.4 Å². The van der Waals surface area contributed by atoms with Gasteiger partial charge >= 0.3 is 0 Å². The van der Waals surface area contributed by atoms with Gasteiger partial charge in [-0.25, -0.2) is 0 Å². The number of nitrogens with one attached hydrogen (secondary N) is 2. The lowest BCUT2D eigenvalue weighted by Crippen LogP contribution is -2.40. The van der Waals surface area contributed by atoms with Crippen LogP contribution in [0, 0.1) is 13.8 Å². The molecule has 1 heterocycles. The van der Waals surface area contributed by atoms with E-state index >= 15 is 0 Å². The van der Waals surface area contributed by atoms with Crippen molar-refractivity contribution >= 4 is 5.91 Å². The average molecular weight is 248 g/mol. The number of carbonyl (C=O) groups is 1. The van der Waals surface area contributed by atoms with Gasteiger partial charge in [0, 0.05) is 19.5 Å². The number of rotatable bonds is 4. The number of fused-ring (bicyclic) bond motifs is 1. The SMILES string of the molecule is CNCCNC(=O)C1Cc2cc(C)c(C)cc2O1. The van der Waals surface area contributed by atoms with Gasteiger partial charge in [0.05, 0.1) is 0 Å². The summed E-state index contributed by atoms with van der Waals surface area (Å²) in [5.41, 5.74) is 3.57. The van der Waals surface area contributed by atoms with E-state index in [1.54, 1.807) is 0 Å². The highest BCUT2D eigenvalue weighted by Crippen LogP contribution is 2.31. The monoisotopic (exact) mass is 248 g/mol. The molecule has 0 fully saturated rings. The Morgan fingerprint density at radius 2 is 2.06 bits per heavy atom. The fourth-order valence-corrected chi connectivity index (χ4v) is 2.08. The van der Waals surface area contributed by atoms with Gasteiger partial charge in [0.25, 0.3) is 5.91 Å². The maximum Gasteiger partial charge on any atom is 0.261 e. The fraction of sp³-hybridized carbons (Fsp3) is 0.500. The van der Waals surface area contributed by atoms with Crippen LogP contribution in [-0.2, 0) is 11.2 Å². The molecule has 0 radical (unpaired) electrons. The van der Waals surface area contributed by atoms with E-state index in [1.807, 2.05) is 13.1 Å². The van der Waals surface area contributed by atoms with Crippen molar-refractivity contribution in [1.29, 1.82) is 0 Å². The first-order valence-corrected chi connectivity index (χ1v) is 6.31. The van der Waals surface area contributed by atoms with Crippen LogP contribution in [0.4, 0.5) is 0 Å². The molecule has 2 rings (SSSR count). The Kier molecular flexibility index (Phi) is 3.87. The molecule has 1 aromatic rings. The third-order valence-electron chi connectivity index (χ3n) is 3.32. The van der Waals surface area contributed by atoms with Gasteiger partial charge in [0.15, 0.2) is 6.10 Å². The lowest BCUT2D eigenvalue weighted by Gasteiger charge is -2.11. The summed E-state index contributed by atoms with van der Waals surface area (Å²) in [6.07, 6.45) is 0.292. The van der Waals surface area contributed by atoms with Crippen LogP contribution < -0.4 is 15.4 Å². The van der Waals surface area contributed by atoms with Crippen LogP contribution in [0.2, 0.25) is 0 Å². The van der Waals surface area contributed by atoms with Gasteiger partial charge in [-0.2, -0.15) is 0 Å². The molecule has 0 saturated heterocycles. The van der Waals surface area contributed by atoms with Crippen molar-refractivity contribution in [2.75, 3.05) is 20.1 Å². The third kappa shape index (κ3) is 2.64. The molecule has 0 aromatic heterocycles. The minimum absolute atomic E-state index is 0.0308. The summed E-state index contributed by atoms with van der Waals surface area (Å²) < 4.78 is 5.70. The first-order valence-electron chi connectivity index (χ1n) is 6.31. The molecule has 0 spiro atoms. The van der Waals surface area contributed by atoms with Crippen molar-refractivity contribution < 1.29 is 9.53 Å². The van der Waals surface area contributed by atoms with Crippen LogP contribution in [0.5, 0.6) is 5.75 Å². The molecule has 1 unspecified atom stereocenters. The number of carbonyl (C=O) groups excluding carboxylic acids is 1. The summed E-state index contributed by atoms with van der Waals surface area (Å²) >= 11 is 0. The normalized spacial score (nSPS) is 17.2. The second kappa shape index (κ2) is 5.40. The lowest BCUT2D eigenvalue weighted by molar-refractivity contribution is -0.127. The van der Waals surface area contributed by atoms with Crippen molar-refractivity contribution in [3.63, 3.8) is 0 Å². The molecule has 1 aliphatic heterocycles. The van der Waals surface area contributed by atoms with E-state index in [0.29, 0.717) is 13.0 Å². The van der Waals surface area contributed by atoms with Gasteiger partial charge in [0.1, 0.15) is 5.75 Å². The van der Waals surface area contributed by atoms with Crippen LogP contribution in [-0.4, -0.2) is 32.1 Å². The molecule has 2 N–H and O–H groups in total. The number of likely N-dealkylation sites (N-methyl/N-ethyl adjacent to an activating group) is 1. The topological polar surface area (TPSA) is 50.4 Å². The summed E-state index contributed by atoms with van der Waals surface area (Å²) in [7, 11) is 1.86. The van der Waals surface area contributed by atoms with E-state index in [1.165, 1.54) is 11.1 Å². The van der Waals surface area contributed by atoms with Gasteiger partial charge in [-0.05, 0) is 43.7 Å². The van der Waals surface area contributed by atoms with Crippen molar-refractivity contribution in [2.24, 2.45) is 0 Å². The van der Waals surface area contributed by atoms with E-state index < -0.39 is 0 Å². The Morgan fingerprint density at radius 3 is 2.78 bits per heavy atom. The number of hydrogen-bond acceptors (Lipinski definition) is 3. The molecule has 1 amide bonds. The third-order valence-corrected chi connectivity index (χ3v) is 3.32. The van der Waals surface area contributed by atoms with Gasteiger partial charge < -0.3 is 15.4 Å². The minimum Gasteiger partial charge on any atom is -0.480 e. The summed E-state index contributed by atoms with van der Waals surface area (Å²) in [5, 5.41) is 5.85. The predicted molar refractivity (Wildman–Crippen MR) is 71.0 cm³/mol. The number of benzene rings is 1. The second-order valence-corrected chi connectivity index (χ2v) is 4.75. The van der Waals surface area contributed by atoms with Crippen LogP contribution in [0.15, 0.2) is 12.1 Å². The number of amides is 1. The number of aryl methyl sites for hydroxylation is 2. The molecule has 0 aliphatic carbocycles. The standard InChI is InChI=1S/C14H20N2O2/c1-9-6-11-8-13(14(17)16-5-4-15-3)18-12(11)7-10(9)2/h6-7,13,15H,4-5,8H2,1-3H3,(H,16,17). The second-order valence-electron chi connectivity index (χ2n) is 4.75. The van der Waals surface area contributed by atoms with Crippen molar-refractivity contribution in [3.05, 3.63) is 28.8 Å². The summed E-state index contributed by atoms with van der Waals surface area (Å²) in [6.45, 7) is 5.53. The van der Waals surface area contributed by atoms with Crippen LogP contribution in [0.25, 0.3) is 0 Å². The highest BCUT2D eigenvalue weighted by molar-refractivity contribution is 5.82. The highest BCUT2D eigenvalue weighted by Gasteiger charge is 2.29. The summed E-state index contributed by atoms with van der Waals surface area (Å²) in [4.78, 5) is 11.9. The van der Waals surface area contributed by atoms with Gasteiger partial charge in [-0.3, -0.25) is 4.79 Å². The van der Waals surface area contributed by atoms with Crippen LogP contribution >= 0.6 is 0 Å². The van der Waals surface area contributed by atoms with E-state index in [9.17, 15) is 4.79 Å². The maximum absolute atomic E-state index is 11.9. The molecule has 1 aliphatic rings. The Balaban J connectivity index is 1.99.